The second-order valence-corrected chi connectivity index (χ2v) is 10.7. The third-order valence-electron chi connectivity index (χ3n) is 4.75. The minimum atomic E-state index is -3.64. The quantitative estimate of drug-likeness (QED) is 0.619. The predicted molar refractivity (Wildman–Crippen MR) is 120 cm³/mol. The number of sulfone groups is 1. The first-order valence-corrected chi connectivity index (χ1v) is 12.5. The molecule has 0 fully saturated rings. The topological polar surface area (TPSA) is 92.3 Å². The van der Waals surface area contributed by atoms with Gasteiger partial charge in [-0.3, -0.25) is 9.59 Å². The molecule has 1 aliphatic rings. The fourth-order valence-corrected chi connectivity index (χ4v) is 5.43. The maximum atomic E-state index is 12.6. The van der Waals surface area contributed by atoms with E-state index in [9.17, 15) is 18.0 Å². The zero-order valence-corrected chi connectivity index (χ0v) is 18.9. The van der Waals surface area contributed by atoms with E-state index in [1.54, 1.807) is 18.2 Å². The fourth-order valence-electron chi connectivity index (χ4n) is 3.02. The molecule has 0 saturated heterocycles. The summed E-state index contributed by atoms with van der Waals surface area (Å²) < 4.78 is 25.3. The molecule has 0 aromatic heterocycles. The SMILES string of the molecule is CC[C@H]1Sc2ccc(S(=O)(=O)CCC(=O)NCCc3ccc(Cl)cc3)cc2NC1=O. The van der Waals surface area contributed by atoms with Gasteiger partial charge in [-0.2, -0.15) is 0 Å². The molecule has 0 spiro atoms. The van der Waals surface area contributed by atoms with Crippen LogP contribution in [0.1, 0.15) is 25.3 Å². The molecule has 160 valence electrons. The van der Waals surface area contributed by atoms with Gasteiger partial charge >= 0.3 is 0 Å². The Morgan fingerprint density at radius 1 is 1.20 bits per heavy atom. The Morgan fingerprint density at radius 3 is 2.63 bits per heavy atom. The molecule has 2 amide bonds. The lowest BCUT2D eigenvalue weighted by Gasteiger charge is -2.23. The van der Waals surface area contributed by atoms with E-state index in [0.29, 0.717) is 30.1 Å². The van der Waals surface area contributed by atoms with Gasteiger partial charge in [0.15, 0.2) is 9.84 Å². The van der Waals surface area contributed by atoms with Gasteiger partial charge in [0.1, 0.15) is 0 Å². The molecule has 0 saturated carbocycles. The fraction of sp³-hybridized carbons (Fsp3) is 0.333. The highest BCUT2D eigenvalue weighted by Gasteiger charge is 2.27. The summed E-state index contributed by atoms with van der Waals surface area (Å²) in [6.07, 6.45) is 1.21. The zero-order valence-electron chi connectivity index (χ0n) is 16.5. The second-order valence-electron chi connectivity index (χ2n) is 6.96. The number of hydrogen-bond donors (Lipinski definition) is 2. The summed E-state index contributed by atoms with van der Waals surface area (Å²) in [6, 6.07) is 12.1. The maximum absolute atomic E-state index is 12.6. The lowest BCUT2D eigenvalue weighted by Crippen LogP contribution is -2.29. The first kappa shape index (κ1) is 22.7. The summed E-state index contributed by atoms with van der Waals surface area (Å²) >= 11 is 7.27. The summed E-state index contributed by atoms with van der Waals surface area (Å²) in [6.45, 7) is 2.35. The van der Waals surface area contributed by atoms with Gasteiger partial charge in [0.25, 0.3) is 0 Å². The maximum Gasteiger partial charge on any atom is 0.237 e. The van der Waals surface area contributed by atoms with E-state index >= 15 is 0 Å². The molecule has 30 heavy (non-hydrogen) atoms. The molecule has 2 aromatic carbocycles. The van der Waals surface area contributed by atoms with Crippen molar-refractivity contribution in [3.05, 3.63) is 53.1 Å². The van der Waals surface area contributed by atoms with Crippen LogP contribution in [0.25, 0.3) is 0 Å². The molecule has 2 N–H and O–H groups in total. The van der Waals surface area contributed by atoms with Crippen LogP contribution >= 0.6 is 23.4 Å². The monoisotopic (exact) mass is 466 g/mol. The molecule has 3 rings (SSSR count). The van der Waals surface area contributed by atoms with Gasteiger partial charge in [-0.25, -0.2) is 8.42 Å². The van der Waals surface area contributed by atoms with Crippen molar-refractivity contribution in [1.82, 2.24) is 5.32 Å². The van der Waals surface area contributed by atoms with Crippen molar-refractivity contribution in [1.29, 1.82) is 0 Å². The normalized spacial score (nSPS) is 15.9. The molecule has 0 unspecified atom stereocenters. The van der Waals surface area contributed by atoms with E-state index in [0.717, 1.165) is 10.5 Å². The summed E-state index contributed by atoms with van der Waals surface area (Å²) in [5, 5.41) is 6.00. The average Bonchev–Trinajstić information content (AvgIpc) is 2.73. The molecular weight excluding hydrogens is 444 g/mol. The van der Waals surface area contributed by atoms with Crippen LogP contribution in [0.2, 0.25) is 5.02 Å². The van der Waals surface area contributed by atoms with Crippen LogP contribution in [-0.2, 0) is 25.8 Å². The molecule has 1 heterocycles. The van der Waals surface area contributed by atoms with Gasteiger partial charge < -0.3 is 10.6 Å². The van der Waals surface area contributed by atoms with Crippen molar-refractivity contribution in [3.63, 3.8) is 0 Å². The molecule has 0 radical (unpaired) electrons. The van der Waals surface area contributed by atoms with Crippen molar-refractivity contribution in [2.24, 2.45) is 0 Å². The molecule has 2 aromatic rings. The molecule has 6 nitrogen and oxygen atoms in total. The Hall–Kier alpha value is -2.03. The molecule has 0 aliphatic carbocycles. The minimum Gasteiger partial charge on any atom is -0.356 e. The molecule has 1 aliphatic heterocycles. The lowest BCUT2D eigenvalue weighted by atomic mass is 10.1. The largest absolute Gasteiger partial charge is 0.356 e. The summed E-state index contributed by atoms with van der Waals surface area (Å²) in [5.74, 6) is -0.734. The van der Waals surface area contributed by atoms with Crippen LogP contribution in [0, 0.1) is 0 Å². The van der Waals surface area contributed by atoms with Crippen LogP contribution < -0.4 is 10.6 Å². The number of carbonyl (C=O) groups is 2. The van der Waals surface area contributed by atoms with Crippen LogP contribution in [-0.4, -0.2) is 37.8 Å². The van der Waals surface area contributed by atoms with E-state index in [1.165, 1.54) is 23.9 Å². The zero-order chi connectivity index (χ0) is 21.7. The highest BCUT2D eigenvalue weighted by molar-refractivity contribution is 8.01. The second kappa shape index (κ2) is 9.85. The number of hydrogen-bond acceptors (Lipinski definition) is 5. The number of benzene rings is 2. The Bertz CT molecular complexity index is 1040. The third-order valence-corrected chi connectivity index (χ3v) is 8.16. The lowest BCUT2D eigenvalue weighted by molar-refractivity contribution is -0.120. The number of rotatable bonds is 8. The van der Waals surface area contributed by atoms with Gasteiger partial charge in [-0.1, -0.05) is 30.7 Å². The minimum absolute atomic E-state index is 0.103. The Kier molecular flexibility index (Phi) is 7.44. The number of nitrogens with one attached hydrogen (secondary N) is 2. The Labute approximate surface area is 185 Å². The van der Waals surface area contributed by atoms with Gasteiger partial charge in [0.05, 0.1) is 21.6 Å². The van der Waals surface area contributed by atoms with E-state index in [2.05, 4.69) is 10.6 Å². The third kappa shape index (κ3) is 5.77. The highest BCUT2D eigenvalue weighted by Crippen LogP contribution is 2.38. The Balaban J connectivity index is 1.53. The predicted octanol–water partition coefficient (Wildman–Crippen LogP) is 3.69. The molecule has 0 bridgehead atoms. The first-order chi connectivity index (χ1) is 14.3. The van der Waals surface area contributed by atoms with Gasteiger partial charge in [0, 0.05) is 22.9 Å². The standard InChI is InChI=1S/C21H23ClN2O4S2/c1-2-18-21(26)24-17-13-16(7-8-19(17)29-18)30(27,28)12-10-20(25)23-11-9-14-3-5-15(22)6-4-14/h3-8,13,18H,2,9-12H2,1H3,(H,23,25)(H,24,26)/t18-/m1/s1. The first-order valence-electron chi connectivity index (χ1n) is 9.64. The number of amides is 2. The molecule has 1 atom stereocenters. The van der Waals surface area contributed by atoms with E-state index < -0.39 is 9.84 Å². The molecule has 9 heteroatoms. The number of halogens is 1. The Morgan fingerprint density at radius 2 is 1.93 bits per heavy atom. The van der Waals surface area contributed by atoms with Crippen molar-refractivity contribution < 1.29 is 18.0 Å². The van der Waals surface area contributed by atoms with Crippen molar-refractivity contribution in [2.45, 2.75) is 41.2 Å². The summed E-state index contributed by atoms with van der Waals surface area (Å²) in [5.41, 5.74) is 1.54. The van der Waals surface area contributed by atoms with E-state index in [4.69, 9.17) is 11.6 Å². The van der Waals surface area contributed by atoms with Gasteiger partial charge in [-0.05, 0) is 48.7 Å². The number of fused-ring (bicyclic) bond motifs is 1. The molecular formula is C21H23ClN2O4S2. The van der Waals surface area contributed by atoms with E-state index in [1.807, 2.05) is 19.1 Å². The van der Waals surface area contributed by atoms with Crippen molar-refractivity contribution in [3.8, 4) is 0 Å². The number of anilines is 1. The van der Waals surface area contributed by atoms with Crippen LogP contribution in [0.15, 0.2) is 52.3 Å². The van der Waals surface area contributed by atoms with Gasteiger partial charge in [0.2, 0.25) is 11.8 Å². The number of carbonyl (C=O) groups excluding carboxylic acids is 2. The summed E-state index contributed by atoms with van der Waals surface area (Å²) in [4.78, 5) is 25.0. The van der Waals surface area contributed by atoms with Crippen LogP contribution in [0.4, 0.5) is 5.69 Å². The number of thioether (sulfide) groups is 1. The highest BCUT2D eigenvalue weighted by atomic mass is 35.5. The van der Waals surface area contributed by atoms with E-state index in [-0.39, 0.29) is 34.1 Å². The smallest absolute Gasteiger partial charge is 0.237 e. The van der Waals surface area contributed by atoms with Gasteiger partial charge in [-0.15, -0.1) is 11.8 Å². The van der Waals surface area contributed by atoms with Crippen molar-refractivity contribution in [2.75, 3.05) is 17.6 Å². The average molecular weight is 467 g/mol. The van der Waals surface area contributed by atoms with Crippen LogP contribution in [0.5, 0.6) is 0 Å². The van der Waals surface area contributed by atoms with Crippen LogP contribution in [0.3, 0.4) is 0 Å². The summed E-state index contributed by atoms with van der Waals surface area (Å²) in [7, 11) is -3.64. The van der Waals surface area contributed by atoms with Crippen molar-refractivity contribution >= 4 is 50.7 Å².